The lowest BCUT2D eigenvalue weighted by atomic mass is 10.0. The van der Waals surface area contributed by atoms with Crippen molar-refractivity contribution in [2.24, 2.45) is 5.92 Å². The molecule has 0 unspecified atom stereocenters. The van der Waals surface area contributed by atoms with Crippen molar-refractivity contribution in [3.8, 4) is 0 Å². The van der Waals surface area contributed by atoms with E-state index in [0.717, 1.165) is 19.3 Å². The highest BCUT2D eigenvalue weighted by Crippen LogP contribution is 2.29. The van der Waals surface area contributed by atoms with E-state index in [1.54, 1.807) is 0 Å². The smallest absolute Gasteiger partial charge is 0.110 e. The molecule has 2 atom stereocenters. The Morgan fingerprint density at radius 1 is 1.33 bits per heavy atom. The van der Waals surface area contributed by atoms with Crippen molar-refractivity contribution >= 4 is 23.2 Å². The van der Waals surface area contributed by atoms with Gasteiger partial charge >= 0.3 is 0 Å². The van der Waals surface area contributed by atoms with Crippen LogP contribution >= 0.6 is 23.2 Å². The van der Waals surface area contributed by atoms with Crippen molar-refractivity contribution in [3.05, 3.63) is 0 Å². The van der Waals surface area contributed by atoms with Crippen LogP contribution in [0.5, 0.6) is 0 Å². The second-order valence-electron chi connectivity index (χ2n) is 3.74. The molecule has 0 aromatic heterocycles. The summed E-state index contributed by atoms with van der Waals surface area (Å²) in [6, 6.07) is 0. The molecule has 0 bridgehead atoms. The lowest BCUT2D eigenvalue weighted by molar-refractivity contribution is 0.0176. The Hall–Kier alpha value is 0.540. The van der Waals surface area contributed by atoms with Gasteiger partial charge in [0.25, 0.3) is 0 Å². The van der Waals surface area contributed by atoms with Crippen molar-refractivity contribution in [1.29, 1.82) is 0 Å². The minimum Gasteiger partial charge on any atom is -0.375 e. The van der Waals surface area contributed by atoms with Crippen LogP contribution in [0.25, 0.3) is 0 Å². The summed E-state index contributed by atoms with van der Waals surface area (Å²) in [5.41, 5.74) is 0. The topological polar surface area (TPSA) is 9.23 Å². The Morgan fingerprint density at radius 2 is 2.00 bits per heavy atom. The van der Waals surface area contributed by atoms with Crippen LogP contribution in [-0.2, 0) is 4.74 Å². The summed E-state index contributed by atoms with van der Waals surface area (Å²) in [7, 11) is 0. The number of rotatable bonds is 3. The molecule has 72 valence electrons. The molecule has 1 saturated heterocycles. The average molecular weight is 211 g/mol. The van der Waals surface area contributed by atoms with Crippen molar-refractivity contribution in [1.82, 2.24) is 0 Å². The van der Waals surface area contributed by atoms with Gasteiger partial charge in [-0.2, -0.15) is 0 Å². The van der Waals surface area contributed by atoms with Gasteiger partial charge in [-0.15, -0.1) is 23.2 Å². The summed E-state index contributed by atoms with van der Waals surface area (Å²) in [5, 5.41) is 0. The highest BCUT2D eigenvalue weighted by Gasteiger charge is 2.28. The van der Waals surface area contributed by atoms with Crippen LogP contribution in [0, 0.1) is 5.92 Å². The maximum atomic E-state index is 5.76. The van der Waals surface area contributed by atoms with Gasteiger partial charge in [-0.3, -0.25) is 0 Å². The second kappa shape index (κ2) is 4.69. The largest absolute Gasteiger partial charge is 0.375 e. The van der Waals surface area contributed by atoms with Gasteiger partial charge in [0.1, 0.15) is 4.84 Å². The number of alkyl halides is 2. The first-order chi connectivity index (χ1) is 5.59. The lowest BCUT2D eigenvalue weighted by Crippen LogP contribution is -2.17. The van der Waals surface area contributed by atoms with Gasteiger partial charge in [0.15, 0.2) is 0 Å². The molecular formula is C9H16Cl2O. The molecule has 0 aromatic rings. The van der Waals surface area contributed by atoms with E-state index in [4.69, 9.17) is 27.9 Å². The standard InChI is InChI=1S/C9H16Cl2O/c1-6(2)8-4-3-7(12-8)5-9(10)11/h6-9H,3-5H2,1-2H3/t7-,8-/m1/s1. The van der Waals surface area contributed by atoms with E-state index in [-0.39, 0.29) is 10.9 Å². The van der Waals surface area contributed by atoms with Gasteiger partial charge in [0.2, 0.25) is 0 Å². The molecular weight excluding hydrogens is 195 g/mol. The zero-order valence-electron chi connectivity index (χ0n) is 7.59. The van der Waals surface area contributed by atoms with Crippen molar-refractivity contribution in [3.63, 3.8) is 0 Å². The molecule has 0 saturated carbocycles. The van der Waals surface area contributed by atoms with Gasteiger partial charge in [-0.25, -0.2) is 0 Å². The SMILES string of the molecule is CC(C)[C@H]1CC[C@H](CC(Cl)Cl)O1. The molecule has 0 aromatic carbocycles. The molecule has 1 fully saturated rings. The molecule has 0 radical (unpaired) electrons. The average Bonchev–Trinajstić information content (AvgIpc) is 2.34. The minimum atomic E-state index is -0.277. The first-order valence-electron chi connectivity index (χ1n) is 4.53. The van der Waals surface area contributed by atoms with Gasteiger partial charge < -0.3 is 4.74 Å². The summed E-state index contributed by atoms with van der Waals surface area (Å²) in [5.74, 6) is 0.610. The Kier molecular flexibility index (Phi) is 4.15. The van der Waals surface area contributed by atoms with Crippen LogP contribution in [0.15, 0.2) is 0 Å². The van der Waals surface area contributed by atoms with Gasteiger partial charge in [-0.1, -0.05) is 13.8 Å². The zero-order chi connectivity index (χ0) is 9.14. The predicted octanol–water partition coefficient (Wildman–Crippen LogP) is 3.38. The highest BCUT2D eigenvalue weighted by molar-refractivity contribution is 6.44. The van der Waals surface area contributed by atoms with E-state index < -0.39 is 0 Å². The predicted molar refractivity (Wildman–Crippen MR) is 52.8 cm³/mol. The number of hydrogen-bond donors (Lipinski definition) is 0. The fourth-order valence-corrected chi connectivity index (χ4v) is 1.99. The van der Waals surface area contributed by atoms with E-state index >= 15 is 0 Å². The quantitative estimate of drug-likeness (QED) is 0.650. The van der Waals surface area contributed by atoms with Crippen LogP contribution in [-0.4, -0.2) is 17.0 Å². The van der Waals surface area contributed by atoms with Crippen molar-refractivity contribution < 1.29 is 4.74 Å². The first-order valence-corrected chi connectivity index (χ1v) is 5.40. The summed E-state index contributed by atoms with van der Waals surface area (Å²) < 4.78 is 5.76. The number of ether oxygens (including phenoxy) is 1. The van der Waals surface area contributed by atoms with Crippen LogP contribution < -0.4 is 0 Å². The normalized spacial score (nSPS) is 30.5. The summed E-state index contributed by atoms with van der Waals surface area (Å²) in [4.78, 5) is -0.277. The molecule has 0 N–H and O–H groups in total. The van der Waals surface area contributed by atoms with Gasteiger partial charge in [-0.05, 0) is 18.8 Å². The van der Waals surface area contributed by atoms with Gasteiger partial charge in [0, 0.05) is 6.42 Å². The zero-order valence-corrected chi connectivity index (χ0v) is 9.11. The molecule has 0 amide bonds. The van der Waals surface area contributed by atoms with E-state index in [1.807, 2.05) is 0 Å². The van der Waals surface area contributed by atoms with Crippen molar-refractivity contribution in [2.75, 3.05) is 0 Å². The summed E-state index contributed by atoms with van der Waals surface area (Å²) in [6.45, 7) is 4.37. The maximum Gasteiger partial charge on any atom is 0.110 e. The molecule has 3 heteroatoms. The Bertz CT molecular complexity index is 136. The minimum absolute atomic E-state index is 0.277. The highest BCUT2D eigenvalue weighted by atomic mass is 35.5. The van der Waals surface area contributed by atoms with Crippen LogP contribution in [0.2, 0.25) is 0 Å². The fourth-order valence-electron chi connectivity index (χ4n) is 1.60. The molecule has 1 nitrogen and oxygen atoms in total. The Morgan fingerprint density at radius 3 is 2.42 bits per heavy atom. The third-order valence-electron chi connectivity index (χ3n) is 2.33. The van der Waals surface area contributed by atoms with E-state index in [0.29, 0.717) is 12.0 Å². The fraction of sp³-hybridized carbons (Fsp3) is 1.00. The van der Waals surface area contributed by atoms with Crippen molar-refractivity contribution in [2.45, 2.75) is 50.2 Å². The van der Waals surface area contributed by atoms with Crippen LogP contribution in [0.4, 0.5) is 0 Å². The maximum absolute atomic E-state index is 5.76. The van der Waals surface area contributed by atoms with Gasteiger partial charge in [0.05, 0.1) is 12.2 Å². The van der Waals surface area contributed by atoms with E-state index in [2.05, 4.69) is 13.8 Å². The third-order valence-corrected chi connectivity index (χ3v) is 2.68. The molecule has 1 heterocycles. The number of hydrogen-bond acceptors (Lipinski definition) is 1. The Labute approximate surface area is 84.4 Å². The Balaban J connectivity index is 2.26. The first kappa shape index (κ1) is 10.6. The molecule has 1 aliphatic rings. The molecule has 0 spiro atoms. The lowest BCUT2D eigenvalue weighted by Gasteiger charge is -2.16. The molecule has 12 heavy (non-hydrogen) atoms. The van der Waals surface area contributed by atoms with E-state index in [1.165, 1.54) is 0 Å². The monoisotopic (exact) mass is 210 g/mol. The van der Waals surface area contributed by atoms with E-state index in [9.17, 15) is 0 Å². The molecule has 0 aliphatic carbocycles. The summed E-state index contributed by atoms with van der Waals surface area (Å²) in [6.07, 6.45) is 3.74. The molecule has 1 rings (SSSR count). The third kappa shape index (κ3) is 3.12. The van der Waals surface area contributed by atoms with Crippen LogP contribution in [0.1, 0.15) is 33.1 Å². The molecule has 1 aliphatic heterocycles. The second-order valence-corrected chi connectivity index (χ2v) is 5.02. The van der Waals surface area contributed by atoms with Crippen LogP contribution in [0.3, 0.4) is 0 Å². The summed E-state index contributed by atoms with van der Waals surface area (Å²) >= 11 is 11.3. The number of halogens is 2.